The van der Waals surface area contributed by atoms with E-state index in [-0.39, 0.29) is 19.6 Å². The van der Waals surface area contributed by atoms with Crippen molar-refractivity contribution in [3.05, 3.63) is 69.5 Å². The molecule has 182 valence electrons. The lowest BCUT2D eigenvalue weighted by Gasteiger charge is -2.28. The van der Waals surface area contributed by atoms with E-state index in [4.69, 9.17) is 4.74 Å². The van der Waals surface area contributed by atoms with Gasteiger partial charge in [-0.3, -0.25) is 4.90 Å². The molecule has 2 aliphatic heterocycles. The average molecular weight is 504 g/mol. The van der Waals surface area contributed by atoms with Crippen molar-refractivity contribution in [2.45, 2.75) is 74.9 Å². The molecule has 0 aliphatic carbocycles. The maximum Gasteiger partial charge on any atom is 0.411 e. The van der Waals surface area contributed by atoms with Crippen molar-refractivity contribution in [2.75, 3.05) is 0 Å². The van der Waals surface area contributed by atoms with E-state index in [1.165, 1.54) is 29.2 Å². The van der Waals surface area contributed by atoms with Crippen LogP contribution >= 0.6 is 0 Å². The molecule has 7 nitrogen and oxygen atoms in total. The van der Waals surface area contributed by atoms with Gasteiger partial charge in [-0.05, 0) is 71.7 Å². The van der Waals surface area contributed by atoms with Gasteiger partial charge in [-0.1, -0.05) is 35.4 Å². The number of rotatable bonds is 4. The lowest BCUT2D eigenvalue weighted by Crippen LogP contribution is -2.42. The minimum atomic E-state index is -4.19. The Morgan fingerprint density at radius 2 is 1.12 bits per heavy atom. The molecule has 4 rings (SSSR count). The molecule has 0 unspecified atom stereocenters. The molecule has 0 saturated carbocycles. The Bertz CT molecular complexity index is 1270. The van der Waals surface area contributed by atoms with Crippen molar-refractivity contribution in [3.8, 4) is 0 Å². The third kappa shape index (κ3) is 4.15. The molecule has 2 aliphatic rings. The summed E-state index contributed by atoms with van der Waals surface area (Å²) in [5, 5.41) is 0. The Hall–Kier alpha value is -2.65. The van der Waals surface area contributed by atoms with E-state index in [1.807, 2.05) is 13.8 Å². The van der Waals surface area contributed by atoms with Crippen molar-refractivity contribution in [1.29, 1.82) is 0 Å². The summed E-state index contributed by atoms with van der Waals surface area (Å²) < 4.78 is 60.9. The highest BCUT2D eigenvalue weighted by atomic mass is 32.2. The van der Waals surface area contributed by atoms with Crippen LogP contribution in [0.2, 0.25) is 0 Å². The fraction of sp³-hybridized carbons (Fsp3) is 0.400. The van der Waals surface area contributed by atoms with E-state index < -0.39 is 43.5 Å². The van der Waals surface area contributed by atoms with Crippen LogP contribution in [0, 0.1) is 13.8 Å². The first kappa shape index (κ1) is 24.5. The van der Waals surface area contributed by atoms with Crippen molar-refractivity contribution in [2.24, 2.45) is 0 Å². The number of hydrogen-bond donors (Lipinski definition) is 0. The molecule has 2 atom stereocenters. The zero-order valence-corrected chi connectivity index (χ0v) is 21.5. The second-order valence-electron chi connectivity index (χ2n) is 9.86. The highest BCUT2D eigenvalue weighted by molar-refractivity contribution is 7.99. The monoisotopic (exact) mass is 503 g/mol. The Labute approximate surface area is 201 Å². The van der Waals surface area contributed by atoms with Crippen LogP contribution in [0.1, 0.15) is 44.7 Å². The van der Waals surface area contributed by atoms with Gasteiger partial charge in [-0.25, -0.2) is 21.6 Å². The minimum absolute atomic E-state index is 0.00129. The summed E-state index contributed by atoms with van der Waals surface area (Å²) in [6.07, 6.45) is -0.0279. The SMILES string of the molecule is Cc1ccc(S(=O)(=O)C2=C(S(=O)(=O)c3ccc(C)cc3)[C@@H]3CC[C@H]2N3C(=O)OC(C)(C)C)cc1. The fourth-order valence-corrected chi connectivity index (χ4v) is 8.67. The van der Waals surface area contributed by atoms with Crippen LogP contribution in [-0.4, -0.2) is 45.5 Å². The van der Waals surface area contributed by atoms with Gasteiger partial charge in [0.05, 0.1) is 31.7 Å². The lowest BCUT2D eigenvalue weighted by molar-refractivity contribution is 0.0229. The Balaban J connectivity index is 1.92. The summed E-state index contributed by atoms with van der Waals surface area (Å²) in [6.45, 7) is 8.81. The molecule has 2 bridgehead atoms. The summed E-state index contributed by atoms with van der Waals surface area (Å²) >= 11 is 0. The number of aryl methyl sites for hydroxylation is 2. The van der Waals surface area contributed by atoms with E-state index in [0.29, 0.717) is 12.8 Å². The largest absolute Gasteiger partial charge is 0.444 e. The van der Waals surface area contributed by atoms with Gasteiger partial charge in [-0.2, -0.15) is 0 Å². The number of carbonyl (C=O) groups is 1. The molecule has 0 aromatic heterocycles. The molecule has 2 aromatic rings. The van der Waals surface area contributed by atoms with Crippen LogP contribution in [-0.2, 0) is 24.4 Å². The molecule has 34 heavy (non-hydrogen) atoms. The Kier molecular flexibility index (Phi) is 5.93. The number of hydrogen-bond acceptors (Lipinski definition) is 6. The zero-order valence-electron chi connectivity index (χ0n) is 19.9. The van der Waals surface area contributed by atoms with Crippen LogP contribution < -0.4 is 0 Å². The van der Waals surface area contributed by atoms with Gasteiger partial charge in [0.15, 0.2) is 0 Å². The molecule has 0 spiro atoms. The third-order valence-electron chi connectivity index (χ3n) is 6.08. The molecule has 2 aromatic carbocycles. The molecule has 0 radical (unpaired) electrons. The number of nitrogens with zero attached hydrogens (tertiary/aromatic N) is 1. The molecule has 0 N–H and O–H groups in total. The standard InChI is InChI=1S/C25H29NO6S2/c1-16-6-10-18(11-7-16)33(28,29)22-20-14-15-21(26(20)24(27)32-25(3,4)5)23(22)34(30,31)19-12-8-17(2)9-13-19/h6-13,20-21H,14-15H2,1-5H3/t20-,21+. The highest BCUT2D eigenvalue weighted by Crippen LogP contribution is 2.49. The van der Waals surface area contributed by atoms with E-state index in [9.17, 15) is 21.6 Å². The minimum Gasteiger partial charge on any atom is -0.444 e. The van der Waals surface area contributed by atoms with Gasteiger partial charge in [0.1, 0.15) is 5.60 Å². The normalized spacial score (nSPS) is 20.7. The Morgan fingerprint density at radius 3 is 1.44 bits per heavy atom. The zero-order chi connectivity index (χ0) is 25.1. The average Bonchev–Trinajstić information content (AvgIpc) is 3.30. The van der Waals surface area contributed by atoms with E-state index in [1.54, 1.807) is 45.0 Å². The second-order valence-corrected chi connectivity index (χ2v) is 13.7. The number of amides is 1. The fourth-order valence-electron chi connectivity index (χ4n) is 4.54. The topological polar surface area (TPSA) is 97.8 Å². The molecule has 2 heterocycles. The first-order valence-corrected chi connectivity index (χ1v) is 14.1. The molecule has 1 fully saturated rings. The second kappa shape index (κ2) is 8.23. The van der Waals surface area contributed by atoms with Crippen LogP contribution in [0.3, 0.4) is 0 Å². The first-order chi connectivity index (χ1) is 15.7. The van der Waals surface area contributed by atoms with E-state index >= 15 is 0 Å². The number of carbonyl (C=O) groups excluding carboxylic acids is 1. The van der Waals surface area contributed by atoms with Gasteiger partial charge < -0.3 is 4.74 Å². The smallest absolute Gasteiger partial charge is 0.411 e. The predicted molar refractivity (Wildman–Crippen MR) is 129 cm³/mol. The van der Waals surface area contributed by atoms with E-state index in [2.05, 4.69) is 0 Å². The quantitative estimate of drug-likeness (QED) is 0.607. The number of fused-ring (bicyclic) bond motifs is 2. The van der Waals surface area contributed by atoms with Gasteiger partial charge >= 0.3 is 6.09 Å². The van der Waals surface area contributed by atoms with Gasteiger partial charge in [-0.15, -0.1) is 0 Å². The predicted octanol–water partition coefficient (Wildman–Crippen LogP) is 4.54. The lowest BCUT2D eigenvalue weighted by atomic mass is 10.1. The van der Waals surface area contributed by atoms with Crippen molar-refractivity contribution in [1.82, 2.24) is 4.90 Å². The van der Waals surface area contributed by atoms with Crippen LogP contribution in [0.15, 0.2) is 68.1 Å². The summed E-state index contributed by atoms with van der Waals surface area (Å²) in [5.74, 6) is 0. The maximum atomic E-state index is 13.8. The number of benzene rings is 2. The van der Waals surface area contributed by atoms with Crippen LogP contribution in [0.4, 0.5) is 4.79 Å². The highest BCUT2D eigenvalue weighted by Gasteiger charge is 2.57. The molecular weight excluding hydrogens is 474 g/mol. The van der Waals surface area contributed by atoms with Crippen molar-refractivity contribution in [3.63, 3.8) is 0 Å². The van der Waals surface area contributed by atoms with Gasteiger partial charge in [0.2, 0.25) is 19.7 Å². The number of ether oxygens (including phenoxy) is 1. The van der Waals surface area contributed by atoms with Crippen LogP contribution in [0.25, 0.3) is 0 Å². The summed E-state index contributed by atoms with van der Waals surface area (Å²) in [5.41, 5.74) is 0.943. The van der Waals surface area contributed by atoms with Crippen LogP contribution in [0.5, 0.6) is 0 Å². The molecule has 1 saturated heterocycles. The summed E-state index contributed by atoms with van der Waals surface area (Å²) in [4.78, 5) is 14.0. The third-order valence-corrected chi connectivity index (χ3v) is 10.1. The molecule has 1 amide bonds. The Morgan fingerprint density at radius 1 is 0.765 bits per heavy atom. The molecule has 9 heteroatoms. The maximum absolute atomic E-state index is 13.8. The van der Waals surface area contributed by atoms with Crippen molar-refractivity contribution < 1.29 is 26.4 Å². The number of sulfone groups is 2. The van der Waals surface area contributed by atoms with Gasteiger partial charge in [0.25, 0.3) is 0 Å². The first-order valence-electron chi connectivity index (χ1n) is 11.1. The van der Waals surface area contributed by atoms with Crippen molar-refractivity contribution >= 4 is 25.8 Å². The molecular formula is C25H29NO6S2. The summed E-state index contributed by atoms with van der Waals surface area (Å²) in [6, 6.07) is 10.7. The summed E-state index contributed by atoms with van der Waals surface area (Å²) in [7, 11) is -8.39. The van der Waals surface area contributed by atoms with Gasteiger partial charge in [0, 0.05) is 0 Å². The van der Waals surface area contributed by atoms with E-state index in [0.717, 1.165) is 11.1 Å².